The fourth-order valence-corrected chi connectivity index (χ4v) is 6.30. The number of esters is 1. The summed E-state index contributed by atoms with van der Waals surface area (Å²) in [6.45, 7) is 4.79. The van der Waals surface area contributed by atoms with Crippen molar-refractivity contribution < 1.29 is 24.2 Å². The van der Waals surface area contributed by atoms with Crippen LogP contribution in [0.3, 0.4) is 0 Å². The summed E-state index contributed by atoms with van der Waals surface area (Å²) in [4.78, 5) is 36.4. The zero-order valence-electron chi connectivity index (χ0n) is 38.0. The minimum absolute atomic E-state index is 0.0692. The Morgan fingerprint density at radius 2 is 0.950 bits per heavy atom. The minimum Gasteiger partial charge on any atom is -0.480 e. The molecule has 2 atom stereocenters. The second-order valence-electron chi connectivity index (χ2n) is 15.4. The number of carbonyl (C=O) groups is 3. The molecule has 4 N–H and O–H groups in total. The van der Waals surface area contributed by atoms with Crippen molar-refractivity contribution in [3.63, 3.8) is 0 Å². The predicted octanol–water partition coefficient (Wildman–Crippen LogP) is 14.0. The highest BCUT2D eigenvalue weighted by atomic mass is 16.5. The van der Waals surface area contributed by atoms with E-state index in [1.807, 2.05) is 0 Å². The molecule has 0 bridgehead atoms. The van der Waals surface area contributed by atoms with Crippen LogP contribution in [-0.2, 0) is 19.1 Å². The van der Waals surface area contributed by atoms with Crippen LogP contribution in [-0.4, -0.2) is 41.6 Å². The topological polar surface area (TPSA) is 119 Å². The highest BCUT2D eigenvalue weighted by Gasteiger charge is 2.19. The normalized spacial score (nSPS) is 13.7. The van der Waals surface area contributed by atoms with E-state index in [-0.39, 0.29) is 18.0 Å². The SMILES string of the molecule is CC/C=C\C/C=C\C/C=C\C/C=C\C/C=C\C/C=C\C/C=C\CCCC(=O)OC(CCC/C=C\C/C=C\CCCCC)CCCCCCCC(=O)NC(CCCN)C(=O)O. The Hall–Kier alpha value is -3.97. The number of allylic oxidation sites excluding steroid dienone is 18. The Bertz CT molecular complexity index is 1300. The molecule has 0 aliphatic carbocycles. The molecule has 0 heterocycles. The maximum Gasteiger partial charge on any atom is 0.326 e. The maximum atomic E-state index is 12.8. The van der Waals surface area contributed by atoms with Gasteiger partial charge in [-0.15, -0.1) is 0 Å². The lowest BCUT2D eigenvalue weighted by Gasteiger charge is -2.18. The van der Waals surface area contributed by atoms with Gasteiger partial charge in [0.1, 0.15) is 12.1 Å². The standard InChI is InChI=1S/C53H86N2O5/c1-3-5-7-9-11-13-15-16-17-18-19-20-21-22-23-24-25-26-28-30-32-37-41-47-52(57)60-49(43-38-34-31-29-27-14-12-10-8-6-4-2)44-39-35-33-36-40-46-51(56)55-50(53(58)59)45-42-48-54/h5,7,11-14,16-17,19-20,22-23,25-26,29-32,49-50H,3-4,6,8-10,15,18,21,24,27-28,33-48,54H2,1-2H3,(H,55,56)(H,58,59)/b7-5-,13-11-,14-12-,17-16-,20-19-,23-22-,26-25-,31-29-,32-30-. The molecule has 0 saturated carbocycles. The summed E-state index contributed by atoms with van der Waals surface area (Å²) in [5.41, 5.74) is 5.49. The van der Waals surface area contributed by atoms with Crippen LogP contribution in [0.2, 0.25) is 0 Å². The van der Waals surface area contributed by atoms with Crippen LogP contribution in [0.25, 0.3) is 0 Å². The third kappa shape index (κ3) is 42.2. The van der Waals surface area contributed by atoms with Gasteiger partial charge in [-0.2, -0.15) is 0 Å². The Morgan fingerprint density at radius 1 is 0.500 bits per heavy atom. The van der Waals surface area contributed by atoms with Crippen molar-refractivity contribution in [3.05, 3.63) is 109 Å². The van der Waals surface area contributed by atoms with E-state index in [9.17, 15) is 19.5 Å². The molecule has 0 rings (SSSR count). The van der Waals surface area contributed by atoms with Crippen LogP contribution < -0.4 is 11.1 Å². The van der Waals surface area contributed by atoms with Crippen molar-refractivity contribution in [2.24, 2.45) is 5.73 Å². The van der Waals surface area contributed by atoms with E-state index in [1.54, 1.807) is 0 Å². The third-order valence-corrected chi connectivity index (χ3v) is 9.82. The molecule has 0 aliphatic heterocycles. The first-order chi connectivity index (χ1) is 29.4. The predicted molar refractivity (Wildman–Crippen MR) is 257 cm³/mol. The molecular formula is C53H86N2O5. The Morgan fingerprint density at radius 3 is 1.45 bits per heavy atom. The van der Waals surface area contributed by atoms with E-state index in [2.05, 4.69) is 129 Å². The number of amides is 1. The number of nitrogens with two attached hydrogens (primary N) is 1. The van der Waals surface area contributed by atoms with Crippen LogP contribution in [0.1, 0.15) is 187 Å². The molecule has 0 saturated heterocycles. The molecule has 0 aromatic carbocycles. The fraction of sp³-hybridized carbons (Fsp3) is 0.604. The molecule has 0 aromatic heterocycles. The van der Waals surface area contributed by atoms with E-state index in [0.717, 1.165) is 128 Å². The Kier molecular flexibility index (Phi) is 43.1. The largest absolute Gasteiger partial charge is 0.480 e. The number of hydrogen-bond acceptors (Lipinski definition) is 5. The highest BCUT2D eigenvalue weighted by molar-refractivity contribution is 5.83. The molecule has 60 heavy (non-hydrogen) atoms. The first kappa shape index (κ1) is 56.0. The van der Waals surface area contributed by atoms with Gasteiger partial charge in [0.25, 0.3) is 0 Å². The van der Waals surface area contributed by atoms with Crippen LogP contribution in [0.5, 0.6) is 0 Å². The lowest BCUT2D eigenvalue weighted by atomic mass is 10.0. The molecule has 0 aromatic rings. The number of hydrogen-bond donors (Lipinski definition) is 3. The molecule has 7 nitrogen and oxygen atoms in total. The summed E-state index contributed by atoms with van der Waals surface area (Å²) >= 11 is 0. The number of carbonyl (C=O) groups excluding carboxylic acids is 2. The van der Waals surface area contributed by atoms with Gasteiger partial charge >= 0.3 is 11.9 Å². The minimum atomic E-state index is -1.02. The number of unbranched alkanes of at least 4 members (excludes halogenated alkanes) is 9. The van der Waals surface area contributed by atoms with Gasteiger partial charge in [0, 0.05) is 12.8 Å². The zero-order chi connectivity index (χ0) is 43.8. The van der Waals surface area contributed by atoms with E-state index in [0.29, 0.717) is 32.2 Å². The zero-order valence-corrected chi connectivity index (χ0v) is 38.0. The molecule has 7 heteroatoms. The average Bonchev–Trinajstić information content (AvgIpc) is 3.23. The van der Waals surface area contributed by atoms with E-state index >= 15 is 0 Å². The Balaban J connectivity index is 4.43. The maximum absolute atomic E-state index is 12.8. The molecule has 338 valence electrons. The quantitative estimate of drug-likeness (QED) is 0.0321. The van der Waals surface area contributed by atoms with Crippen molar-refractivity contribution >= 4 is 17.8 Å². The number of rotatable bonds is 41. The summed E-state index contributed by atoms with van der Waals surface area (Å²) in [6, 6.07) is -0.871. The van der Waals surface area contributed by atoms with Crippen LogP contribution >= 0.6 is 0 Å². The van der Waals surface area contributed by atoms with Gasteiger partial charge in [-0.05, 0) is 135 Å². The molecule has 0 aliphatic rings. The number of ether oxygens (including phenoxy) is 1. The second kappa shape index (κ2) is 46.1. The van der Waals surface area contributed by atoms with E-state index < -0.39 is 12.0 Å². The first-order valence-corrected chi connectivity index (χ1v) is 23.7. The number of aliphatic carboxylic acids is 1. The monoisotopic (exact) mass is 831 g/mol. The molecule has 0 spiro atoms. The molecule has 0 radical (unpaired) electrons. The van der Waals surface area contributed by atoms with Crippen molar-refractivity contribution in [1.29, 1.82) is 0 Å². The number of nitrogens with one attached hydrogen (secondary N) is 1. The van der Waals surface area contributed by atoms with Crippen molar-refractivity contribution in [1.82, 2.24) is 5.32 Å². The van der Waals surface area contributed by atoms with Crippen molar-refractivity contribution in [2.75, 3.05) is 6.54 Å². The van der Waals surface area contributed by atoms with Gasteiger partial charge in [0.15, 0.2) is 0 Å². The van der Waals surface area contributed by atoms with Crippen molar-refractivity contribution in [3.8, 4) is 0 Å². The molecule has 2 unspecified atom stereocenters. The highest BCUT2D eigenvalue weighted by Crippen LogP contribution is 2.17. The molecular weight excluding hydrogens is 745 g/mol. The number of carboxylic acid groups (broad SMARTS) is 1. The van der Waals surface area contributed by atoms with Crippen LogP contribution in [0.4, 0.5) is 0 Å². The van der Waals surface area contributed by atoms with Gasteiger partial charge < -0.3 is 20.9 Å². The second-order valence-corrected chi connectivity index (χ2v) is 15.4. The fourth-order valence-electron chi connectivity index (χ4n) is 6.30. The van der Waals surface area contributed by atoms with Gasteiger partial charge in [-0.25, -0.2) is 4.79 Å². The number of carboxylic acids is 1. The van der Waals surface area contributed by atoms with Gasteiger partial charge in [-0.1, -0.05) is 155 Å². The van der Waals surface area contributed by atoms with Gasteiger partial charge in [0.05, 0.1) is 0 Å². The summed E-state index contributed by atoms with van der Waals surface area (Å²) < 4.78 is 6.00. The summed E-state index contributed by atoms with van der Waals surface area (Å²) in [6.07, 6.45) is 64.2. The van der Waals surface area contributed by atoms with E-state index in [4.69, 9.17) is 10.5 Å². The average molecular weight is 831 g/mol. The summed E-state index contributed by atoms with van der Waals surface area (Å²) in [7, 11) is 0. The van der Waals surface area contributed by atoms with Crippen LogP contribution in [0, 0.1) is 0 Å². The van der Waals surface area contributed by atoms with Gasteiger partial charge in [0.2, 0.25) is 5.91 Å². The summed E-state index contributed by atoms with van der Waals surface area (Å²) in [5, 5.41) is 11.9. The smallest absolute Gasteiger partial charge is 0.326 e. The first-order valence-electron chi connectivity index (χ1n) is 23.7. The van der Waals surface area contributed by atoms with Gasteiger partial charge in [-0.3, -0.25) is 9.59 Å². The lowest BCUT2D eigenvalue weighted by Crippen LogP contribution is -2.40. The van der Waals surface area contributed by atoms with E-state index in [1.165, 1.54) is 19.3 Å². The Labute approximate surface area is 367 Å². The summed E-state index contributed by atoms with van der Waals surface area (Å²) in [5.74, 6) is -1.34. The van der Waals surface area contributed by atoms with Crippen LogP contribution in [0.15, 0.2) is 109 Å². The lowest BCUT2D eigenvalue weighted by molar-refractivity contribution is -0.150. The molecule has 1 amide bonds. The third-order valence-electron chi connectivity index (χ3n) is 9.82. The molecule has 0 fully saturated rings. The van der Waals surface area contributed by atoms with Crippen molar-refractivity contribution in [2.45, 2.75) is 199 Å².